The third-order valence-electron chi connectivity index (χ3n) is 2.89. The predicted octanol–water partition coefficient (Wildman–Crippen LogP) is 2.53. The average Bonchev–Trinajstić information content (AvgIpc) is 2.33. The molecular weight excluding hydrogens is 250 g/mol. The molecule has 1 aromatic carbocycles. The summed E-state index contributed by atoms with van der Waals surface area (Å²) in [6.45, 7) is 0. The maximum atomic E-state index is 11.8. The van der Waals surface area contributed by atoms with Gasteiger partial charge in [-0.2, -0.15) is 11.8 Å². The van der Waals surface area contributed by atoms with Crippen molar-refractivity contribution >= 4 is 30.3 Å². The molecule has 2 rings (SSSR count). The monoisotopic (exact) mass is 267 g/mol. The smallest absolute Gasteiger partial charge is 0.224 e. The number of nitrogens with one attached hydrogen (secondary N) is 1. The first kappa shape index (κ1) is 12.8. The van der Waals surface area contributed by atoms with Gasteiger partial charge in [0.05, 0.1) is 6.42 Å². The molecule has 0 atom stereocenters. The van der Waals surface area contributed by atoms with E-state index in [0.717, 1.165) is 23.3 Å². The number of hydrogen-bond donors (Lipinski definition) is 2. The fourth-order valence-corrected chi connectivity index (χ4v) is 3.18. The molecule has 1 heterocycles. The van der Waals surface area contributed by atoms with Gasteiger partial charge >= 0.3 is 0 Å². The molecule has 0 saturated carbocycles. The van der Waals surface area contributed by atoms with Crippen LogP contribution in [0, 0.1) is 0 Å². The van der Waals surface area contributed by atoms with Crippen LogP contribution in [0.1, 0.15) is 18.4 Å². The summed E-state index contributed by atoms with van der Waals surface area (Å²) in [4.78, 5) is 12.8. The first-order chi connectivity index (χ1) is 8.24. The predicted molar refractivity (Wildman–Crippen MR) is 75.9 cm³/mol. The van der Waals surface area contributed by atoms with E-state index in [1.165, 1.54) is 11.5 Å². The Balaban J connectivity index is 1.82. The molecule has 1 aromatic rings. The van der Waals surface area contributed by atoms with Crippen molar-refractivity contribution in [2.45, 2.75) is 30.2 Å². The van der Waals surface area contributed by atoms with Crippen LogP contribution in [-0.2, 0) is 11.2 Å². The Morgan fingerprint density at radius 2 is 1.94 bits per heavy atom. The number of carbonyl (C=O) groups is 1. The van der Waals surface area contributed by atoms with Gasteiger partial charge in [0.1, 0.15) is 0 Å². The molecule has 0 bridgehead atoms. The van der Waals surface area contributed by atoms with Crippen LogP contribution >= 0.6 is 24.4 Å². The van der Waals surface area contributed by atoms with Gasteiger partial charge in [-0.05, 0) is 42.0 Å². The summed E-state index contributed by atoms with van der Waals surface area (Å²) in [6, 6.07) is 8.14. The number of thiol groups is 1. The summed E-state index contributed by atoms with van der Waals surface area (Å²) in [5.74, 6) is 2.47. The number of carbonyl (C=O) groups excluding carboxylic acids is 1. The highest BCUT2D eigenvalue weighted by atomic mass is 32.2. The molecule has 0 spiro atoms. The number of thioether (sulfide) groups is 1. The van der Waals surface area contributed by atoms with Crippen molar-refractivity contribution in [1.82, 2.24) is 5.32 Å². The summed E-state index contributed by atoms with van der Waals surface area (Å²) in [5, 5.41) is 3.11. The number of hydrogen-bond acceptors (Lipinski definition) is 3. The van der Waals surface area contributed by atoms with E-state index in [1.807, 2.05) is 36.0 Å². The van der Waals surface area contributed by atoms with E-state index in [0.29, 0.717) is 12.5 Å². The van der Waals surface area contributed by atoms with Gasteiger partial charge in [-0.25, -0.2) is 0 Å². The fourth-order valence-electron chi connectivity index (χ4n) is 1.92. The molecule has 1 aliphatic rings. The van der Waals surface area contributed by atoms with Gasteiger partial charge in [-0.1, -0.05) is 12.1 Å². The Morgan fingerprint density at radius 3 is 2.59 bits per heavy atom. The fraction of sp³-hybridized carbons (Fsp3) is 0.462. The van der Waals surface area contributed by atoms with Crippen LogP contribution in [0.2, 0.25) is 0 Å². The lowest BCUT2D eigenvalue weighted by Crippen LogP contribution is -2.38. The standard InChI is InChI=1S/C13H17NOS2/c15-13(14-11-5-7-17-8-6-11)9-10-1-3-12(16)4-2-10/h1-4,11,16H,5-9H2,(H,14,15). The molecule has 1 amide bonds. The second-order valence-corrected chi connectivity index (χ2v) is 6.04. The summed E-state index contributed by atoms with van der Waals surface area (Å²) in [6.07, 6.45) is 2.68. The van der Waals surface area contributed by atoms with E-state index in [2.05, 4.69) is 17.9 Å². The maximum Gasteiger partial charge on any atom is 0.224 e. The molecule has 1 saturated heterocycles. The number of benzene rings is 1. The van der Waals surface area contributed by atoms with Crippen LogP contribution in [0.25, 0.3) is 0 Å². The SMILES string of the molecule is O=C(Cc1ccc(S)cc1)NC1CCSCC1. The Bertz CT molecular complexity index is 372. The molecule has 17 heavy (non-hydrogen) atoms. The zero-order chi connectivity index (χ0) is 12.1. The highest BCUT2D eigenvalue weighted by Gasteiger charge is 2.15. The van der Waals surface area contributed by atoms with Crippen molar-refractivity contribution in [1.29, 1.82) is 0 Å². The molecule has 0 aliphatic carbocycles. The zero-order valence-corrected chi connectivity index (χ0v) is 11.4. The minimum Gasteiger partial charge on any atom is -0.353 e. The second kappa shape index (κ2) is 6.36. The van der Waals surface area contributed by atoms with Gasteiger partial charge in [-0.3, -0.25) is 4.79 Å². The summed E-state index contributed by atoms with van der Waals surface area (Å²) < 4.78 is 0. The highest BCUT2D eigenvalue weighted by molar-refractivity contribution is 7.99. The normalized spacial score (nSPS) is 16.8. The van der Waals surface area contributed by atoms with Crippen molar-refractivity contribution in [3.63, 3.8) is 0 Å². The van der Waals surface area contributed by atoms with Gasteiger partial charge in [0.25, 0.3) is 0 Å². The third-order valence-corrected chi connectivity index (χ3v) is 4.23. The Labute approximate surface area is 112 Å². The number of amides is 1. The largest absolute Gasteiger partial charge is 0.353 e. The van der Waals surface area contributed by atoms with E-state index >= 15 is 0 Å². The molecule has 4 heteroatoms. The van der Waals surface area contributed by atoms with E-state index in [1.54, 1.807) is 0 Å². The molecule has 2 nitrogen and oxygen atoms in total. The molecular formula is C13H17NOS2. The lowest BCUT2D eigenvalue weighted by atomic mass is 10.1. The molecule has 92 valence electrons. The van der Waals surface area contributed by atoms with Crippen LogP contribution in [0.3, 0.4) is 0 Å². The molecule has 1 N–H and O–H groups in total. The third kappa shape index (κ3) is 4.28. The second-order valence-electron chi connectivity index (χ2n) is 4.30. The van der Waals surface area contributed by atoms with E-state index in [9.17, 15) is 4.79 Å². The van der Waals surface area contributed by atoms with Crippen LogP contribution in [0.5, 0.6) is 0 Å². The summed E-state index contributed by atoms with van der Waals surface area (Å²) >= 11 is 6.20. The topological polar surface area (TPSA) is 29.1 Å². The Kier molecular flexibility index (Phi) is 4.80. The van der Waals surface area contributed by atoms with Crippen molar-refractivity contribution in [3.8, 4) is 0 Å². The minimum absolute atomic E-state index is 0.133. The molecule has 0 aromatic heterocycles. The van der Waals surface area contributed by atoms with E-state index in [-0.39, 0.29) is 5.91 Å². The first-order valence-electron chi connectivity index (χ1n) is 5.89. The highest BCUT2D eigenvalue weighted by Crippen LogP contribution is 2.17. The molecule has 0 radical (unpaired) electrons. The first-order valence-corrected chi connectivity index (χ1v) is 7.49. The van der Waals surface area contributed by atoms with E-state index < -0.39 is 0 Å². The van der Waals surface area contributed by atoms with Gasteiger partial charge in [-0.15, -0.1) is 12.6 Å². The van der Waals surface area contributed by atoms with Gasteiger partial charge < -0.3 is 5.32 Å². The van der Waals surface area contributed by atoms with Crippen LogP contribution in [-0.4, -0.2) is 23.5 Å². The maximum absolute atomic E-state index is 11.8. The quantitative estimate of drug-likeness (QED) is 0.824. The summed E-state index contributed by atoms with van der Waals surface area (Å²) in [7, 11) is 0. The Morgan fingerprint density at radius 1 is 1.29 bits per heavy atom. The van der Waals surface area contributed by atoms with Crippen molar-refractivity contribution in [2.75, 3.05) is 11.5 Å². The minimum atomic E-state index is 0.133. The lowest BCUT2D eigenvalue weighted by Gasteiger charge is -2.22. The van der Waals surface area contributed by atoms with E-state index in [4.69, 9.17) is 0 Å². The average molecular weight is 267 g/mol. The van der Waals surface area contributed by atoms with Crippen LogP contribution in [0.4, 0.5) is 0 Å². The molecule has 1 aliphatic heterocycles. The van der Waals surface area contributed by atoms with Crippen LogP contribution in [0.15, 0.2) is 29.2 Å². The van der Waals surface area contributed by atoms with Gasteiger partial charge in [0.2, 0.25) is 5.91 Å². The lowest BCUT2D eigenvalue weighted by molar-refractivity contribution is -0.121. The van der Waals surface area contributed by atoms with Gasteiger partial charge in [0.15, 0.2) is 0 Å². The molecule has 0 unspecified atom stereocenters. The summed E-state index contributed by atoms with van der Waals surface area (Å²) in [5.41, 5.74) is 1.05. The molecule has 1 fully saturated rings. The zero-order valence-electron chi connectivity index (χ0n) is 9.69. The van der Waals surface area contributed by atoms with Gasteiger partial charge in [0, 0.05) is 10.9 Å². The van der Waals surface area contributed by atoms with Crippen LogP contribution < -0.4 is 5.32 Å². The Hall–Kier alpha value is -0.610. The van der Waals surface area contributed by atoms with Crippen molar-refractivity contribution in [3.05, 3.63) is 29.8 Å². The van der Waals surface area contributed by atoms with Crippen molar-refractivity contribution < 1.29 is 4.79 Å². The van der Waals surface area contributed by atoms with Crippen molar-refractivity contribution in [2.24, 2.45) is 0 Å². The number of rotatable bonds is 3.